The largest absolute Gasteiger partial charge is 0.324 e. The second-order valence-electron chi connectivity index (χ2n) is 11.2. The van der Waals surface area contributed by atoms with Crippen molar-refractivity contribution in [1.82, 2.24) is 4.90 Å². The van der Waals surface area contributed by atoms with Gasteiger partial charge < -0.3 is 5.32 Å². The highest BCUT2D eigenvalue weighted by molar-refractivity contribution is 6.12. The van der Waals surface area contributed by atoms with Crippen LogP contribution in [0.25, 0.3) is 0 Å². The topological polar surface area (TPSA) is 66.5 Å². The first-order chi connectivity index (χ1) is 17.8. The average Bonchev–Trinajstić information content (AvgIpc) is 3.15. The number of likely N-dealkylation sites (tertiary alicyclic amines) is 1. The van der Waals surface area contributed by atoms with Crippen LogP contribution >= 0.6 is 0 Å². The molecule has 3 atom stereocenters. The fourth-order valence-corrected chi connectivity index (χ4v) is 7.00. The second kappa shape index (κ2) is 8.69. The summed E-state index contributed by atoms with van der Waals surface area (Å²) in [6, 6.07) is 21.4. The lowest BCUT2D eigenvalue weighted by molar-refractivity contribution is -0.147. The van der Waals surface area contributed by atoms with E-state index >= 15 is 0 Å². The summed E-state index contributed by atoms with van der Waals surface area (Å²) >= 11 is 0. The van der Waals surface area contributed by atoms with Crippen LogP contribution in [-0.2, 0) is 14.4 Å². The number of amides is 3. The van der Waals surface area contributed by atoms with E-state index in [4.69, 9.17) is 0 Å². The molecule has 0 aromatic heterocycles. The van der Waals surface area contributed by atoms with Crippen molar-refractivity contribution in [3.8, 4) is 0 Å². The number of carbonyl (C=O) groups excluding carboxylic acids is 3. The van der Waals surface area contributed by atoms with Gasteiger partial charge in [0.1, 0.15) is 6.04 Å². The third-order valence-corrected chi connectivity index (χ3v) is 8.52. The normalized spacial score (nSPS) is 24.1. The maximum atomic E-state index is 14.2. The van der Waals surface area contributed by atoms with Crippen molar-refractivity contribution in [3.63, 3.8) is 0 Å². The van der Waals surface area contributed by atoms with E-state index in [-0.39, 0.29) is 35.5 Å². The Morgan fingerprint density at radius 2 is 1.19 bits per heavy atom. The summed E-state index contributed by atoms with van der Waals surface area (Å²) in [7, 11) is 0. The third-order valence-electron chi connectivity index (χ3n) is 8.52. The molecule has 1 saturated heterocycles. The first-order valence-corrected chi connectivity index (χ1v) is 13.2. The number of aryl methyl sites for hydroxylation is 2. The minimum atomic E-state index is -0.852. The van der Waals surface area contributed by atoms with Crippen LogP contribution in [0.1, 0.15) is 65.5 Å². The Morgan fingerprint density at radius 3 is 1.59 bits per heavy atom. The molecule has 3 amide bonds. The van der Waals surface area contributed by atoms with Gasteiger partial charge in [0.05, 0.1) is 11.8 Å². The van der Waals surface area contributed by atoms with E-state index in [1.807, 2.05) is 70.2 Å². The molecule has 188 valence electrons. The number of hydrogen-bond acceptors (Lipinski definition) is 3. The Labute approximate surface area is 217 Å². The number of rotatable bonds is 5. The molecule has 5 nitrogen and oxygen atoms in total. The molecule has 3 aliphatic carbocycles. The molecule has 0 spiro atoms. The maximum absolute atomic E-state index is 14.2. The summed E-state index contributed by atoms with van der Waals surface area (Å²) in [4.78, 5) is 43.5. The SMILES string of the molecule is Cc1cccc(C)c1NC(=O)[C@H](CC(C)C)N1C(=O)[C@@H]2C3c4ccccc4C(c4ccccc43)[C@H]2C1=O. The molecule has 3 aromatic carbocycles. The molecule has 1 fully saturated rings. The number of hydrogen-bond donors (Lipinski definition) is 1. The molecule has 0 saturated carbocycles. The van der Waals surface area contributed by atoms with Gasteiger partial charge in [0, 0.05) is 17.5 Å². The van der Waals surface area contributed by atoms with Crippen molar-refractivity contribution in [2.45, 2.75) is 52.0 Å². The summed E-state index contributed by atoms with van der Waals surface area (Å²) in [6.45, 7) is 7.94. The van der Waals surface area contributed by atoms with Crippen molar-refractivity contribution >= 4 is 23.4 Å². The number of para-hydroxylation sites is 1. The highest BCUT2D eigenvalue weighted by Gasteiger charge is 2.63. The van der Waals surface area contributed by atoms with Crippen LogP contribution in [0.4, 0.5) is 5.69 Å². The predicted molar refractivity (Wildman–Crippen MR) is 143 cm³/mol. The molecule has 2 bridgehead atoms. The van der Waals surface area contributed by atoms with Gasteiger partial charge in [-0.15, -0.1) is 0 Å². The number of imide groups is 1. The predicted octanol–water partition coefficient (Wildman–Crippen LogP) is 5.55. The Kier molecular flexibility index (Phi) is 5.55. The van der Waals surface area contributed by atoms with Gasteiger partial charge in [0.15, 0.2) is 0 Å². The lowest BCUT2D eigenvalue weighted by atomic mass is 9.55. The molecular formula is C32H32N2O3. The Balaban J connectivity index is 1.42. The van der Waals surface area contributed by atoms with Crippen molar-refractivity contribution in [1.29, 1.82) is 0 Å². The van der Waals surface area contributed by atoms with Gasteiger partial charge in [0.25, 0.3) is 0 Å². The first kappa shape index (κ1) is 23.7. The van der Waals surface area contributed by atoms with Crippen LogP contribution in [0.3, 0.4) is 0 Å². The minimum Gasteiger partial charge on any atom is -0.324 e. The lowest BCUT2D eigenvalue weighted by Crippen LogP contribution is -2.48. The monoisotopic (exact) mass is 492 g/mol. The van der Waals surface area contributed by atoms with E-state index in [9.17, 15) is 14.4 Å². The molecule has 37 heavy (non-hydrogen) atoms. The Hall–Kier alpha value is -3.73. The van der Waals surface area contributed by atoms with Gasteiger partial charge in [0.2, 0.25) is 17.7 Å². The van der Waals surface area contributed by atoms with Crippen LogP contribution in [0.2, 0.25) is 0 Å². The van der Waals surface area contributed by atoms with E-state index in [0.717, 1.165) is 39.1 Å². The molecule has 1 heterocycles. The summed E-state index contributed by atoms with van der Waals surface area (Å²) in [5.41, 5.74) is 7.19. The number of carbonyl (C=O) groups is 3. The Bertz CT molecular complexity index is 1310. The van der Waals surface area contributed by atoms with Crippen LogP contribution in [-0.4, -0.2) is 28.7 Å². The Morgan fingerprint density at radius 1 is 0.757 bits per heavy atom. The van der Waals surface area contributed by atoms with Gasteiger partial charge in [-0.1, -0.05) is 80.6 Å². The summed E-state index contributed by atoms with van der Waals surface area (Å²) in [6.07, 6.45) is 0.420. The van der Waals surface area contributed by atoms with E-state index in [1.165, 1.54) is 4.90 Å². The molecule has 4 aliphatic rings. The molecule has 1 aliphatic heterocycles. The van der Waals surface area contributed by atoms with Gasteiger partial charge >= 0.3 is 0 Å². The zero-order valence-corrected chi connectivity index (χ0v) is 21.7. The fraction of sp³-hybridized carbons (Fsp3) is 0.344. The summed E-state index contributed by atoms with van der Waals surface area (Å²) in [5.74, 6) is -1.91. The molecule has 0 unspecified atom stereocenters. The molecule has 3 aromatic rings. The zero-order valence-electron chi connectivity index (χ0n) is 21.7. The number of nitrogens with zero attached hydrogens (tertiary/aromatic N) is 1. The summed E-state index contributed by atoms with van der Waals surface area (Å²) < 4.78 is 0. The standard InChI is InChI=1S/C32H32N2O3/c1-17(2)16-24(30(35)33-29-18(3)10-9-11-19(29)4)34-31(36)27-25-20-12-5-6-13-21(20)26(28(27)32(34)37)23-15-8-7-14-22(23)25/h5-15,17,24-28H,16H2,1-4H3,(H,33,35)/t24-,25?,26?,27+,28+/m0/s1. The van der Waals surface area contributed by atoms with Crippen LogP contribution in [0, 0.1) is 31.6 Å². The van der Waals surface area contributed by atoms with E-state index in [2.05, 4.69) is 29.6 Å². The molecule has 7 rings (SSSR count). The summed E-state index contributed by atoms with van der Waals surface area (Å²) in [5, 5.41) is 3.07. The minimum absolute atomic E-state index is 0.128. The average molecular weight is 493 g/mol. The lowest BCUT2D eigenvalue weighted by Gasteiger charge is -2.45. The van der Waals surface area contributed by atoms with Crippen molar-refractivity contribution in [2.75, 3.05) is 5.32 Å². The van der Waals surface area contributed by atoms with E-state index in [0.29, 0.717) is 6.42 Å². The maximum Gasteiger partial charge on any atom is 0.247 e. The highest BCUT2D eigenvalue weighted by Crippen LogP contribution is 2.61. The van der Waals surface area contributed by atoms with E-state index < -0.39 is 17.9 Å². The van der Waals surface area contributed by atoms with Crippen LogP contribution < -0.4 is 5.32 Å². The molecule has 1 N–H and O–H groups in total. The number of anilines is 1. The van der Waals surface area contributed by atoms with Crippen molar-refractivity contribution in [3.05, 3.63) is 100 Å². The smallest absolute Gasteiger partial charge is 0.247 e. The zero-order chi connectivity index (χ0) is 26.0. The number of benzene rings is 3. The van der Waals surface area contributed by atoms with Gasteiger partial charge in [-0.05, 0) is 59.6 Å². The van der Waals surface area contributed by atoms with Crippen LogP contribution in [0.15, 0.2) is 66.7 Å². The van der Waals surface area contributed by atoms with Crippen molar-refractivity contribution < 1.29 is 14.4 Å². The molecular weight excluding hydrogens is 460 g/mol. The van der Waals surface area contributed by atoms with E-state index in [1.54, 1.807) is 0 Å². The number of nitrogens with one attached hydrogen (secondary N) is 1. The second-order valence-corrected chi connectivity index (χ2v) is 11.2. The third kappa shape index (κ3) is 3.47. The van der Waals surface area contributed by atoms with Gasteiger partial charge in [-0.2, -0.15) is 0 Å². The quantitative estimate of drug-likeness (QED) is 0.475. The van der Waals surface area contributed by atoms with Crippen LogP contribution in [0.5, 0.6) is 0 Å². The fourth-order valence-electron chi connectivity index (χ4n) is 7.00. The first-order valence-electron chi connectivity index (χ1n) is 13.2. The van der Waals surface area contributed by atoms with Gasteiger partial charge in [-0.3, -0.25) is 19.3 Å². The molecule has 0 radical (unpaired) electrons. The highest BCUT2D eigenvalue weighted by atomic mass is 16.2. The molecule has 5 heteroatoms. The van der Waals surface area contributed by atoms with Crippen molar-refractivity contribution in [2.24, 2.45) is 17.8 Å². The van der Waals surface area contributed by atoms with Gasteiger partial charge in [-0.25, -0.2) is 0 Å².